The number of benzene rings is 1. The first kappa shape index (κ1) is 18.5. The van der Waals surface area contributed by atoms with Crippen LogP contribution >= 0.6 is 0 Å². The van der Waals surface area contributed by atoms with Gasteiger partial charge in [0.1, 0.15) is 5.82 Å². The van der Waals surface area contributed by atoms with Crippen molar-refractivity contribution in [2.24, 2.45) is 4.99 Å². The Bertz CT molecular complexity index is 921. The highest BCUT2D eigenvalue weighted by molar-refractivity contribution is 5.93. The lowest BCUT2D eigenvalue weighted by Crippen LogP contribution is -2.31. The van der Waals surface area contributed by atoms with Gasteiger partial charge in [0.2, 0.25) is 0 Å². The summed E-state index contributed by atoms with van der Waals surface area (Å²) in [4.78, 5) is 4.26. The van der Waals surface area contributed by atoms with Crippen LogP contribution in [0.15, 0.2) is 47.6 Å². The molecule has 8 heteroatoms. The Balaban J connectivity index is 1.52. The number of guanidine groups is 1. The number of hydrogen-bond acceptors (Lipinski definition) is 5. The Hall–Kier alpha value is -3.29. The van der Waals surface area contributed by atoms with E-state index in [0.717, 1.165) is 36.5 Å². The number of aliphatic imine (C=N–C) groups is 1. The zero-order chi connectivity index (χ0) is 19.1. The molecule has 0 radical (unpaired) electrons. The molecule has 27 heavy (non-hydrogen) atoms. The minimum Gasteiger partial charge on any atom is -0.493 e. The summed E-state index contributed by atoms with van der Waals surface area (Å²) in [5.41, 5.74) is 1.73. The molecule has 0 saturated carbocycles. The predicted octanol–water partition coefficient (Wildman–Crippen LogP) is 2.37. The largest absolute Gasteiger partial charge is 0.493 e. The van der Waals surface area contributed by atoms with Gasteiger partial charge in [-0.2, -0.15) is 0 Å². The molecule has 3 rings (SSSR count). The van der Waals surface area contributed by atoms with E-state index in [0.29, 0.717) is 17.5 Å². The number of aryl methyl sites for hydroxylation is 1. The van der Waals surface area contributed by atoms with Crippen LogP contribution in [0.5, 0.6) is 11.5 Å². The molecule has 3 aromatic rings. The van der Waals surface area contributed by atoms with Gasteiger partial charge in [-0.05, 0) is 30.7 Å². The van der Waals surface area contributed by atoms with Crippen LogP contribution in [0.4, 0.5) is 5.69 Å². The van der Waals surface area contributed by atoms with Crippen LogP contribution in [-0.2, 0) is 6.42 Å². The van der Waals surface area contributed by atoms with Crippen molar-refractivity contribution in [1.29, 1.82) is 0 Å². The van der Waals surface area contributed by atoms with E-state index in [-0.39, 0.29) is 0 Å². The lowest BCUT2D eigenvalue weighted by atomic mass is 10.2. The van der Waals surface area contributed by atoms with Gasteiger partial charge in [0.25, 0.3) is 0 Å². The van der Waals surface area contributed by atoms with Crippen molar-refractivity contribution < 1.29 is 9.47 Å². The molecular formula is C19H24N6O2. The van der Waals surface area contributed by atoms with Crippen molar-refractivity contribution in [3.63, 3.8) is 0 Å². The maximum absolute atomic E-state index is 5.33. The van der Waals surface area contributed by atoms with Gasteiger partial charge in [0, 0.05) is 38.0 Å². The summed E-state index contributed by atoms with van der Waals surface area (Å²) >= 11 is 0. The molecule has 0 aliphatic heterocycles. The number of aromatic nitrogens is 3. The fourth-order valence-electron chi connectivity index (χ4n) is 2.74. The summed E-state index contributed by atoms with van der Waals surface area (Å²) in [6, 6.07) is 11.5. The molecule has 0 aliphatic carbocycles. The van der Waals surface area contributed by atoms with Gasteiger partial charge < -0.3 is 20.1 Å². The minimum absolute atomic E-state index is 0.664. The van der Waals surface area contributed by atoms with Crippen LogP contribution in [0.25, 0.3) is 5.65 Å². The number of nitrogens with one attached hydrogen (secondary N) is 2. The Morgan fingerprint density at radius 1 is 1.11 bits per heavy atom. The second-order valence-corrected chi connectivity index (χ2v) is 5.84. The summed E-state index contributed by atoms with van der Waals surface area (Å²) < 4.78 is 12.6. The standard InChI is InChI=1S/C19H24N6O2/c1-20-19(22-14-9-10-15(26-2)16(13-14)27-3)21-11-6-8-18-24-23-17-7-4-5-12-25(17)18/h4-5,7,9-10,12-13H,6,8,11H2,1-3H3,(H2,20,21,22). The number of hydrogen-bond donors (Lipinski definition) is 2. The summed E-state index contributed by atoms with van der Waals surface area (Å²) in [6.45, 7) is 0.759. The average molecular weight is 368 g/mol. The number of nitrogens with zero attached hydrogens (tertiary/aromatic N) is 4. The molecule has 2 heterocycles. The third-order valence-electron chi connectivity index (χ3n) is 4.12. The highest BCUT2D eigenvalue weighted by Gasteiger charge is 2.07. The normalized spacial score (nSPS) is 11.4. The molecule has 0 unspecified atom stereocenters. The quantitative estimate of drug-likeness (QED) is 0.378. The highest BCUT2D eigenvalue weighted by atomic mass is 16.5. The van der Waals surface area contributed by atoms with Crippen LogP contribution in [0.2, 0.25) is 0 Å². The Labute approximate surface area is 158 Å². The third-order valence-corrected chi connectivity index (χ3v) is 4.12. The fraction of sp³-hybridized carbons (Fsp3) is 0.316. The van der Waals surface area contributed by atoms with Gasteiger partial charge >= 0.3 is 0 Å². The third kappa shape index (κ3) is 4.46. The second kappa shape index (κ2) is 8.88. The Kier molecular flexibility index (Phi) is 6.09. The summed E-state index contributed by atoms with van der Waals surface area (Å²) in [6.07, 6.45) is 3.71. The molecule has 142 valence electrons. The van der Waals surface area contributed by atoms with Crippen LogP contribution in [-0.4, -0.2) is 48.4 Å². The van der Waals surface area contributed by atoms with Crippen LogP contribution in [0.1, 0.15) is 12.2 Å². The van der Waals surface area contributed by atoms with E-state index >= 15 is 0 Å². The van der Waals surface area contributed by atoms with E-state index in [1.54, 1.807) is 21.3 Å². The van der Waals surface area contributed by atoms with E-state index in [9.17, 15) is 0 Å². The zero-order valence-electron chi connectivity index (χ0n) is 15.8. The molecule has 8 nitrogen and oxygen atoms in total. The highest BCUT2D eigenvalue weighted by Crippen LogP contribution is 2.29. The zero-order valence-corrected chi connectivity index (χ0v) is 15.8. The number of anilines is 1. The first-order chi connectivity index (χ1) is 13.2. The number of rotatable bonds is 7. The van der Waals surface area contributed by atoms with E-state index in [1.165, 1.54) is 0 Å². The smallest absolute Gasteiger partial charge is 0.195 e. The van der Waals surface area contributed by atoms with Gasteiger partial charge in [-0.3, -0.25) is 9.39 Å². The number of fused-ring (bicyclic) bond motifs is 1. The van der Waals surface area contributed by atoms with Gasteiger partial charge in [0.05, 0.1) is 14.2 Å². The molecule has 1 aromatic carbocycles. The second-order valence-electron chi connectivity index (χ2n) is 5.84. The fourth-order valence-corrected chi connectivity index (χ4v) is 2.74. The number of methoxy groups -OCH3 is 2. The molecule has 0 atom stereocenters. The first-order valence-corrected chi connectivity index (χ1v) is 8.73. The Morgan fingerprint density at radius 3 is 2.74 bits per heavy atom. The molecule has 0 saturated heterocycles. The minimum atomic E-state index is 0.664. The Morgan fingerprint density at radius 2 is 1.96 bits per heavy atom. The lowest BCUT2D eigenvalue weighted by Gasteiger charge is -2.14. The van der Waals surface area contributed by atoms with Crippen molar-refractivity contribution in [3.8, 4) is 11.5 Å². The van der Waals surface area contributed by atoms with Crippen molar-refractivity contribution >= 4 is 17.3 Å². The van der Waals surface area contributed by atoms with Crippen LogP contribution in [0.3, 0.4) is 0 Å². The van der Waals surface area contributed by atoms with E-state index in [4.69, 9.17) is 9.47 Å². The maximum atomic E-state index is 5.33. The lowest BCUT2D eigenvalue weighted by molar-refractivity contribution is 0.355. The molecule has 0 aliphatic rings. The van der Waals surface area contributed by atoms with E-state index < -0.39 is 0 Å². The van der Waals surface area contributed by atoms with E-state index in [1.807, 2.05) is 47.0 Å². The summed E-state index contributed by atoms with van der Waals surface area (Å²) in [5.74, 6) is 2.99. The summed E-state index contributed by atoms with van der Waals surface area (Å²) in [7, 11) is 4.97. The van der Waals surface area contributed by atoms with Crippen molar-refractivity contribution in [3.05, 3.63) is 48.4 Å². The molecular weight excluding hydrogens is 344 g/mol. The SMILES string of the molecule is CN=C(NCCCc1nnc2ccccn12)Nc1ccc(OC)c(OC)c1. The average Bonchev–Trinajstić information content (AvgIpc) is 3.13. The van der Waals surface area contributed by atoms with E-state index in [2.05, 4.69) is 25.8 Å². The first-order valence-electron chi connectivity index (χ1n) is 8.73. The number of pyridine rings is 1. The van der Waals surface area contributed by atoms with Crippen LogP contribution < -0.4 is 20.1 Å². The van der Waals surface area contributed by atoms with Gasteiger partial charge in [-0.25, -0.2) is 0 Å². The molecule has 2 N–H and O–H groups in total. The topological polar surface area (TPSA) is 85.1 Å². The number of ether oxygens (including phenoxy) is 2. The molecule has 0 amide bonds. The molecule has 2 aromatic heterocycles. The van der Waals surface area contributed by atoms with Crippen LogP contribution in [0, 0.1) is 0 Å². The molecule has 0 bridgehead atoms. The van der Waals surface area contributed by atoms with Crippen molar-refractivity contribution in [1.82, 2.24) is 19.9 Å². The maximum Gasteiger partial charge on any atom is 0.195 e. The summed E-state index contributed by atoms with van der Waals surface area (Å²) in [5, 5.41) is 15.0. The monoisotopic (exact) mass is 368 g/mol. The predicted molar refractivity (Wildman–Crippen MR) is 106 cm³/mol. The van der Waals surface area contributed by atoms with Crippen molar-refractivity contribution in [2.75, 3.05) is 33.1 Å². The van der Waals surface area contributed by atoms with Gasteiger partial charge in [-0.1, -0.05) is 6.07 Å². The molecule has 0 fully saturated rings. The van der Waals surface area contributed by atoms with Crippen molar-refractivity contribution in [2.45, 2.75) is 12.8 Å². The molecule has 0 spiro atoms. The van der Waals surface area contributed by atoms with Gasteiger partial charge in [-0.15, -0.1) is 10.2 Å². The van der Waals surface area contributed by atoms with Gasteiger partial charge in [0.15, 0.2) is 23.1 Å².